The molecule has 9 heteroatoms. The van der Waals surface area contributed by atoms with Crippen LogP contribution < -0.4 is 23.8 Å². The predicted molar refractivity (Wildman–Crippen MR) is 108 cm³/mol. The van der Waals surface area contributed by atoms with Crippen LogP contribution in [-0.4, -0.2) is 67.3 Å². The van der Waals surface area contributed by atoms with Gasteiger partial charge in [0.25, 0.3) is 0 Å². The van der Waals surface area contributed by atoms with Crippen LogP contribution in [0.25, 0.3) is 0 Å². The Morgan fingerprint density at radius 2 is 1.38 bits per heavy atom. The van der Waals surface area contributed by atoms with Crippen molar-refractivity contribution in [3.05, 3.63) is 36.4 Å². The molecule has 0 atom stereocenters. The van der Waals surface area contributed by atoms with E-state index in [2.05, 4.69) is 0 Å². The zero-order chi connectivity index (χ0) is 21.0. The summed E-state index contributed by atoms with van der Waals surface area (Å²) in [6.07, 6.45) is 0. The SMILES string of the molecule is COc1ccc(S(=O)(=O)N2CC[NH+](c3cc(OC)c(OC)c(OC)c3)CC2)cc1. The van der Waals surface area contributed by atoms with Gasteiger partial charge in [-0.15, -0.1) is 0 Å². The van der Waals surface area contributed by atoms with Crippen molar-refractivity contribution in [2.45, 2.75) is 4.90 Å². The molecule has 1 heterocycles. The fraction of sp³-hybridized carbons (Fsp3) is 0.400. The van der Waals surface area contributed by atoms with E-state index in [1.54, 1.807) is 52.7 Å². The molecular weight excluding hydrogens is 396 g/mol. The highest BCUT2D eigenvalue weighted by molar-refractivity contribution is 7.89. The highest BCUT2D eigenvalue weighted by Gasteiger charge is 2.32. The van der Waals surface area contributed by atoms with Gasteiger partial charge in [-0.2, -0.15) is 4.31 Å². The van der Waals surface area contributed by atoms with E-state index in [4.69, 9.17) is 18.9 Å². The quantitative estimate of drug-likeness (QED) is 0.714. The molecule has 0 aliphatic carbocycles. The van der Waals surface area contributed by atoms with Crippen molar-refractivity contribution in [3.8, 4) is 23.0 Å². The molecular formula is C20H27N2O6S+. The monoisotopic (exact) mass is 423 g/mol. The normalized spacial score (nSPS) is 15.7. The van der Waals surface area contributed by atoms with Gasteiger partial charge in [0.2, 0.25) is 15.8 Å². The second-order valence-electron chi connectivity index (χ2n) is 6.60. The van der Waals surface area contributed by atoms with Crippen molar-refractivity contribution < 1.29 is 32.3 Å². The maximum absolute atomic E-state index is 12.9. The van der Waals surface area contributed by atoms with Gasteiger partial charge in [-0.3, -0.25) is 0 Å². The smallest absolute Gasteiger partial charge is 0.243 e. The standard InChI is InChI=1S/C20H26N2O6S/c1-25-16-5-7-17(8-6-16)29(23,24)22-11-9-21(10-12-22)15-13-18(26-2)20(28-4)19(14-15)27-3/h5-8,13-14H,9-12H2,1-4H3/p+1. The van der Waals surface area contributed by atoms with Gasteiger partial charge < -0.3 is 23.8 Å². The lowest BCUT2D eigenvalue weighted by Gasteiger charge is -2.31. The number of hydrogen-bond donors (Lipinski definition) is 1. The van der Waals surface area contributed by atoms with E-state index in [1.165, 1.54) is 4.31 Å². The molecule has 3 rings (SSSR count). The summed E-state index contributed by atoms with van der Waals surface area (Å²) < 4.78 is 48.7. The molecule has 2 aromatic rings. The van der Waals surface area contributed by atoms with Gasteiger partial charge >= 0.3 is 0 Å². The second-order valence-corrected chi connectivity index (χ2v) is 8.54. The first kappa shape index (κ1) is 21.2. The second kappa shape index (κ2) is 8.89. The van der Waals surface area contributed by atoms with Crippen LogP contribution in [0.5, 0.6) is 23.0 Å². The van der Waals surface area contributed by atoms with E-state index in [1.807, 2.05) is 12.1 Å². The first-order valence-corrected chi connectivity index (χ1v) is 10.7. The van der Waals surface area contributed by atoms with Gasteiger partial charge in [0.15, 0.2) is 11.5 Å². The average Bonchev–Trinajstić information content (AvgIpc) is 2.78. The number of nitrogens with zero attached hydrogens (tertiary/aromatic N) is 1. The molecule has 0 radical (unpaired) electrons. The number of benzene rings is 2. The van der Waals surface area contributed by atoms with Crippen molar-refractivity contribution in [2.75, 3.05) is 54.6 Å². The van der Waals surface area contributed by atoms with Gasteiger partial charge in [-0.25, -0.2) is 8.42 Å². The third-order valence-electron chi connectivity index (χ3n) is 5.10. The fourth-order valence-electron chi connectivity index (χ4n) is 3.47. The molecule has 2 aromatic carbocycles. The van der Waals surface area contributed by atoms with Crippen LogP contribution >= 0.6 is 0 Å². The number of sulfonamides is 1. The maximum atomic E-state index is 12.9. The molecule has 1 fully saturated rings. The molecule has 0 saturated carbocycles. The molecule has 0 bridgehead atoms. The van der Waals surface area contributed by atoms with E-state index in [0.29, 0.717) is 49.2 Å². The van der Waals surface area contributed by atoms with Gasteiger partial charge in [0, 0.05) is 12.1 Å². The van der Waals surface area contributed by atoms with Gasteiger partial charge in [0.1, 0.15) is 11.4 Å². The molecule has 1 aliphatic rings. The summed E-state index contributed by atoms with van der Waals surface area (Å²) in [5.74, 6) is 2.34. The van der Waals surface area contributed by atoms with Crippen LogP contribution in [0.4, 0.5) is 5.69 Å². The lowest BCUT2D eigenvalue weighted by molar-refractivity contribution is -0.837. The number of piperazine rings is 1. The number of hydrogen-bond acceptors (Lipinski definition) is 6. The van der Waals surface area contributed by atoms with Crippen molar-refractivity contribution >= 4 is 15.7 Å². The van der Waals surface area contributed by atoms with E-state index in [9.17, 15) is 8.42 Å². The summed E-state index contributed by atoms with van der Waals surface area (Å²) in [6.45, 7) is 2.10. The Labute approximate surface area is 171 Å². The molecule has 29 heavy (non-hydrogen) atoms. The molecule has 0 spiro atoms. The zero-order valence-corrected chi connectivity index (χ0v) is 17.9. The minimum Gasteiger partial charge on any atom is -0.497 e. The van der Waals surface area contributed by atoms with Gasteiger partial charge in [0.05, 0.1) is 59.5 Å². The molecule has 8 nitrogen and oxygen atoms in total. The molecule has 0 unspecified atom stereocenters. The third-order valence-corrected chi connectivity index (χ3v) is 7.01. The Morgan fingerprint density at radius 3 is 1.83 bits per heavy atom. The van der Waals surface area contributed by atoms with Crippen LogP contribution in [-0.2, 0) is 10.0 Å². The van der Waals surface area contributed by atoms with Crippen LogP contribution in [0.1, 0.15) is 0 Å². The van der Waals surface area contributed by atoms with Crippen LogP contribution in [0.3, 0.4) is 0 Å². The predicted octanol–water partition coefficient (Wildman–Crippen LogP) is 0.942. The summed E-state index contributed by atoms with van der Waals surface area (Å²) in [5, 5.41) is 0. The number of methoxy groups -OCH3 is 4. The number of quaternary nitrogens is 1. The van der Waals surface area contributed by atoms with Crippen LogP contribution in [0.2, 0.25) is 0 Å². The highest BCUT2D eigenvalue weighted by Crippen LogP contribution is 2.39. The van der Waals surface area contributed by atoms with E-state index in [-0.39, 0.29) is 4.90 Å². The Balaban J connectivity index is 1.76. The molecule has 1 N–H and O–H groups in total. The first-order valence-electron chi connectivity index (χ1n) is 9.24. The van der Waals surface area contributed by atoms with Crippen molar-refractivity contribution in [2.24, 2.45) is 0 Å². The lowest BCUT2D eigenvalue weighted by atomic mass is 10.2. The van der Waals surface area contributed by atoms with Crippen molar-refractivity contribution in [1.82, 2.24) is 4.31 Å². The minimum absolute atomic E-state index is 0.273. The summed E-state index contributed by atoms with van der Waals surface area (Å²) in [5.41, 5.74) is 0.973. The van der Waals surface area contributed by atoms with Crippen molar-refractivity contribution in [3.63, 3.8) is 0 Å². The van der Waals surface area contributed by atoms with Crippen LogP contribution in [0.15, 0.2) is 41.3 Å². The number of ether oxygens (including phenoxy) is 4. The summed E-state index contributed by atoms with van der Waals surface area (Å²) in [4.78, 5) is 1.43. The summed E-state index contributed by atoms with van der Waals surface area (Å²) >= 11 is 0. The largest absolute Gasteiger partial charge is 0.497 e. The fourth-order valence-corrected chi connectivity index (χ4v) is 4.91. The third kappa shape index (κ3) is 4.26. The molecule has 0 amide bonds. The Morgan fingerprint density at radius 1 is 0.828 bits per heavy atom. The van der Waals surface area contributed by atoms with E-state index >= 15 is 0 Å². The van der Waals surface area contributed by atoms with Crippen molar-refractivity contribution in [1.29, 1.82) is 0 Å². The molecule has 1 aliphatic heterocycles. The molecule has 158 valence electrons. The van der Waals surface area contributed by atoms with E-state index < -0.39 is 10.0 Å². The number of rotatable bonds is 7. The Bertz CT molecular complexity index is 913. The molecule has 1 saturated heterocycles. The van der Waals surface area contributed by atoms with E-state index in [0.717, 1.165) is 10.6 Å². The lowest BCUT2D eigenvalue weighted by Crippen LogP contribution is -3.10. The summed E-state index contributed by atoms with van der Waals surface area (Å²) in [7, 11) is 2.74. The van der Waals surface area contributed by atoms with Gasteiger partial charge in [-0.1, -0.05) is 0 Å². The Kier molecular flexibility index (Phi) is 6.51. The molecule has 0 aromatic heterocycles. The Hall–Kier alpha value is -2.49. The zero-order valence-electron chi connectivity index (χ0n) is 17.1. The first-order chi connectivity index (χ1) is 13.9. The average molecular weight is 424 g/mol. The van der Waals surface area contributed by atoms with Gasteiger partial charge in [-0.05, 0) is 24.3 Å². The minimum atomic E-state index is -3.53. The van der Waals surface area contributed by atoms with Crippen LogP contribution in [0, 0.1) is 0 Å². The highest BCUT2D eigenvalue weighted by atomic mass is 32.2. The topological polar surface area (TPSA) is 78.7 Å². The number of nitrogens with one attached hydrogen (secondary N) is 1. The maximum Gasteiger partial charge on any atom is 0.243 e. The summed E-state index contributed by atoms with van der Waals surface area (Å²) in [6, 6.07) is 10.3.